The van der Waals surface area contributed by atoms with Crippen molar-refractivity contribution in [2.24, 2.45) is 0 Å². The van der Waals surface area contributed by atoms with E-state index in [2.05, 4.69) is 15.5 Å². The number of halogens is 1. The van der Waals surface area contributed by atoms with E-state index < -0.39 is 0 Å². The van der Waals surface area contributed by atoms with Gasteiger partial charge in [-0.15, -0.1) is 0 Å². The first kappa shape index (κ1) is 11.3. The van der Waals surface area contributed by atoms with Crippen molar-refractivity contribution in [1.82, 2.24) is 15.5 Å². The van der Waals surface area contributed by atoms with E-state index in [0.29, 0.717) is 24.6 Å². The lowest BCUT2D eigenvalue weighted by molar-refractivity contribution is 0.0734. The maximum absolute atomic E-state index is 13.6. The highest BCUT2D eigenvalue weighted by molar-refractivity contribution is 5.53. The van der Waals surface area contributed by atoms with Crippen LogP contribution in [0.2, 0.25) is 0 Å². The van der Waals surface area contributed by atoms with Crippen LogP contribution in [-0.4, -0.2) is 29.9 Å². The van der Waals surface area contributed by atoms with Crippen LogP contribution in [0.4, 0.5) is 4.39 Å². The van der Waals surface area contributed by atoms with Gasteiger partial charge in [0.05, 0.1) is 24.8 Å². The van der Waals surface area contributed by atoms with Crippen LogP contribution in [-0.2, 0) is 4.74 Å². The predicted octanol–water partition coefficient (Wildman–Crippen LogP) is 1.54. The zero-order valence-electron chi connectivity index (χ0n) is 9.60. The fourth-order valence-corrected chi connectivity index (χ4v) is 1.85. The van der Waals surface area contributed by atoms with E-state index in [1.165, 1.54) is 6.07 Å². The van der Waals surface area contributed by atoms with Crippen LogP contribution in [0.25, 0.3) is 11.5 Å². The largest absolute Gasteiger partial charge is 0.378 e. The van der Waals surface area contributed by atoms with Crippen molar-refractivity contribution in [1.29, 1.82) is 0 Å². The number of benzene rings is 1. The molecule has 6 heteroatoms. The molecule has 1 aliphatic heterocycles. The van der Waals surface area contributed by atoms with E-state index in [1.54, 1.807) is 18.2 Å². The number of rotatable bonds is 2. The van der Waals surface area contributed by atoms with Crippen molar-refractivity contribution in [2.75, 3.05) is 19.8 Å². The molecule has 1 aromatic heterocycles. The fourth-order valence-electron chi connectivity index (χ4n) is 1.85. The first-order valence-corrected chi connectivity index (χ1v) is 5.74. The molecule has 1 saturated heterocycles. The highest BCUT2D eigenvalue weighted by Gasteiger charge is 2.22. The van der Waals surface area contributed by atoms with Gasteiger partial charge in [0.2, 0.25) is 0 Å². The lowest BCUT2D eigenvalue weighted by atomic mass is 10.2. The number of nitrogens with zero attached hydrogens (tertiary/aromatic N) is 2. The van der Waals surface area contributed by atoms with Crippen LogP contribution in [0.3, 0.4) is 0 Å². The summed E-state index contributed by atoms with van der Waals surface area (Å²) in [6.07, 6.45) is 0. The Balaban J connectivity index is 1.87. The Kier molecular flexibility index (Phi) is 3.04. The quantitative estimate of drug-likeness (QED) is 0.874. The van der Waals surface area contributed by atoms with Crippen molar-refractivity contribution < 1.29 is 13.7 Å². The first-order chi connectivity index (χ1) is 8.84. The Hall–Kier alpha value is -1.79. The molecule has 1 unspecified atom stereocenters. The molecule has 5 nitrogen and oxygen atoms in total. The van der Waals surface area contributed by atoms with Gasteiger partial charge < -0.3 is 14.6 Å². The van der Waals surface area contributed by atoms with Crippen LogP contribution in [0.1, 0.15) is 11.9 Å². The van der Waals surface area contributed by atoms with Gasteiger partial charge in [0.25, 0.3) is 5.89 Å². The number of nitrogens with one attached hydrogen (secondary N) is 1. The molecule has 1 aromatic carbocycles. The summed E-state index contributed by atoms with van der Waals surface area (Å²) in [7, 11) is 0. The third-order valence-corrected chi connectivity index (χ3v) is 2.78. The van der Waals surface area contributed by atoms with Crippen LogP contribution in [0.5, 0.6) is 0 Å². The van der Waals surface area contributed by atoms with Gasteiger partial charge in [0.1, 0.15) is 5.82 Å². The first-order valence-electron chi connectivity index (χ1n) is 5.74. The second-order valence-electron chi connectivity index (χ2n) is 4.02. The van der Waals surface area contributed by atoms with E-state index in [1.807, 2.05) is 0 Å². The van der Waals surface area contributed by atoms with E-state index in [4.69, 9.17) is 9.26 Å². The molecule has 0 saturated carbocycles. The summed E-state index contributed by atoms with van der Waals surface area (Å²) in [6.45, 7) is 1.92. The molecule has 1 N–H and O–H groups in total. The molecule has 0 aliphatic carbocycles. The van der Waals surface area contributed by atoms with Crippen molar-refractivity contribution in [3.05, 3.63) is 35.9 Å². The number of aromatic nitrogens is 2. The lowest BCUT2D eigenvalue weighted by Gasteiger charge is -2.20. The molecule has 0 spiro atoms. The molecular weight excluding hydrogens is 237 g/mol. The van der Waals surface area contributed by atoms with Gasteiger partial charge in [-0.2, -0.15) is 4.98 Å². The van der Waals surface area contributed by atoms with Gasteiger partial charge in [-0.05, 0) is 12.1 Å². The number of hydrogen-bond donors (Lipinski definition) is 1. The van der Waals surface area contributed by atoms with E-state index >= 15 is 0 Å². The summed E-state index contributed by atoms with van der Waals surface area (Å²) in [5, 5.41) is 7.07. The van der Waals surface area contributed by atoms with Gasteiger partial charge in [0, 0.05) is 6.54 Å². The van der Waals surface area contributed by atoms with Gasteiger partial charge in [-0.25, -0.2) is 4.39 Å². The molecule has 0 amide bonds. The molecular formula is C12H12FN3O2. The summed E-state index contributed by atoms with van der Waals surface area (Å²) in [5.41, 5.74) is 0.313. The van der Waals surface area contributed by atoms with Crippen molar-refractivity contribution >= 4 is 0 Å². The standard InChI is InChI=1S/C12H12FN3O2/c13-9-4-2-1-3-8(9)12-15-11(16-18-12)10-7-17-6-5-14-10/h1-4,10,14H,5-7H2. The molecule has 1 fully saturated rings. The molecule has 1 aliphatic rings. The van der Waals surface area contributed by atoms with E-state index in [-0.39, 0.29) is 17.7 Å². The summed E-state index contributed by atoms with van der Waals surface area (Å²) in [4.78, 5) is 4.20. The Morgan fingerprint density at radius 3 is 3.00 bits per heavy atom. The van der Waals surface area contributed by atoms with Crippen LogP contribution < -0.4 is 5.32 Å². The van der Waals surface area contributed by atoms with E-state index in [9.17, 15) is 4.39 Å². The Bertz CT molecular complexity index is 538. The fraction of sp³-hybridized carbons (Fsp3) is 0.333. The zero-order valence-corrected chi connectivity index (χ0v) is 9.60. The lowest BCUT2D eigenvalue weighted by Crippen LogP contribution is -2.35. The normalized spacial score (nSPS) is 19.9. The highest BCUT2D eigenvalue weighted by atomic mass is 19.1. The van der Waals surface area contributed by atoms with Crippen molar-refractivity contribution in [3.8, 4) is 11.5 Å². The topological polar surface area (TPSA) is 60.2 Å². The second-order valence-corrected chi connectivity index (χ2v) is 4.02. The maximum Gasteiger partial charge on any atom is 0.260 e. The number of hydrogen-bond acceptors (Lipinski definition) is 5. The summed E-state index contributed by atoms with van der Waals surface area (Å²) in [6, 6.07) is 6.22. The SMILES string of the molecule is Fc1ccccc1-c1nc(C2COCCN2)no1. The monoisotopic (exact) mass is 249 g/mol. The van der Waals surface area contributed by atoms with E-state index in [0.717, 1.165) is 6.54 Å². The average Bonchev–Trinajstić information content (AvgIpc) is 2.90. The van der Waals surface area contributed by atoms with Crippen molar-refractivity contribution in [3.63, 3.8) is 0 Å². The smallest absolute Gasteiger partial charge is 0.260 e. The molecule has 0 radical (unpaired) electrons. The number of morpholine rings is 1. The molecule has 1 atom stereocenters. The molecule has 3 rings (SSSR count). The minimum Gasteiger partial charge on any atom is -0.378 e. The Morgan fingerprint density at radius 2 is 2.22 bits per heavy atom. The summed E-state index contributed by atoms with van der Waals surface area (Å²) >= 11 is 0. The third-order valence-electron chi connectivity index (χ3n) is 2.78. The predicted molar refractivity (Wildman–Crippen MR) is 61.3 cm³/mol. The highest BCUT2D eigenvalue weighted by Crippen LogP contribution is 2.22. The molecule has 0 bridgehead atoms. The van der Waals surface area contributed by atoms with Gasteiger partial charge in [0.15, 0.2) is 5.82 Å². The Morgan fingerprint density at radius 1 is 1.33 bits per heavy atom. The molecule has 2 heterocycles. The summed E-state index contributed by atoms with van der Waals surface area (Å²) in [5.74, 6) is 0.309. The Labute approximate surface area is 103 Å². The minimum atomic E-state index is -0.374. The molecule has 2 aromatic rings. The number of ether oxygens (including phenoxy) is 1. The average molecular weight is 249 g/mol. The van der Waals surface area contributed by atoms with Crippen LogP contribution in [0, 0.1) is 5.82 Å². The van der Waals surface area contributed by atoms with Crippen LogP contribution >= 0.6 is 0 Å². The van der Waals surface area contributed by atoms with Gasteiger partial charge >= 0.3 is 0 Å². The minimum absolute atomic E-state index is 0.0944. The van der Waals surface area contributed by atoms with Gasteiger partial charge in [-0.1, -0.05) is 17.3 Å². The maximum atomic E-state index is 13.6. The molecule has 18 heavy (non-hydrogen) atoms. The zero-order chi connectivity index (χ0) is 12.4. The van der Waals surface area contributed by atoms with Crippen LogP contribution in [0.15, 0.2) is 28.8 Å². The van der Waals surface area contributed by atoms with Gasteiger partial charge in [-0.3, -0.25) is 0 Å². The van der Waals surface area contributed by atoms with Crippen molar-refractivity contribution in [2.45, 2.75) is 6.04 Å². The molecule has 94 valence electrons. The third kappa shape index (κ3) is 2.12. The second kappa shape index (κ2) is 4.83. The summed E-state index contributed by atoms with van der Waals surface area (Å²) < 4.78 is 24.0.